The zero-order valence-corrected chi connectivity index (χ0v) is 22.3. The molecule has 1 aromatic rings. The summed E-state index contributed by atoms with van der Waals surface area (Å²) in [6.45, 7) is 6.19. The molecule has 3 rings (SSSR count). The van der Waals surface area contributed by atoms with Crippen molar-refractivity contribution in [3.63, 3.8) is 0 Å². The molecule has 2 N–H and O–H groups in total. The first kappa shape index (κ1) is 27.8. The Bertz CT molecular complexity index is 705. The first-order valence-electron chi connectivity index (χ1n) is 11.8. The lowest BCUT2D eigenvalue weighted by molar-refractivity contribution is -0.127. The molecule has 2 heterocycles. The summed E-state index contributed by atoms with van der Waals surface area (Å²) >= 11 is 0. The minimum Gasteiger partial charge on any atom is -0.379 e. The van der Waals surface area contributed by atoms with E-state index in [1.807, 2.05) is 0 Å². The fourth-order valence-corrected chi connectivity index (χ4v) is 3.88. The van der Waals surface area contributed by atoms with Gasteiger partial charge in [-0.05, 0) is 31.2 Å². The first-order chi connectivity index (χ1) is 15.6. The Hall–Kier alpha value is -1.43. The van der Waals surface area contributed by atoms with E-state index in [-0.39, 0.29) is 42.5 Å². The van der Waals surface area contributed by atoms with Crippen molar-refractivity contribution in [2.24, 2.45) is 4.99 Å². The second-order valence-electron chi connectivity index (χ2n) is 8.77. The molecule has 1 unspecified atom stereocenters. The van der Waals surface area contributed by atoms with E-state index >= 15 is 0 Å². The van der Waals surface area contributed by atoms with Gasteiger partial charge in [0.15, 0.2) is 5.96 Å². The lowest BCUT2D eigenvalue weighted by atomic mass is 10.0. The SMILES string of the molecule is CN(C)C(=O)CN=C(NCCCOC1CCOC1)NC1CCN(Cc2ccccc2)CC1.I. The maximum atomic E-state index is 12.0. The van der Waals surface area contributed by atoms with E-state index in [1.165, 1.54) is 5.56 Å². The van der Waals surface area contributed by atoms with E-state index in [0.717, 1.165) is 58.5 Å². The Morgan fingerprint density at radius 3 is 2.64 bits per heavy atom. The number of likely N-dealkylation sites (N-methyl/N-ethyl adjacent to an activating group) is 1. The molecule has 0 aromatic heterocycles. The normalized spacial score (nSPS) is 19.7. The summed E-state index contributed by atoms with van der Waals surface area (Å²) < 4.78 is 11.2. The number of likely N-dealkylation sites (tertiary alicyclic amines) is 1. The molecule has 2 fully saturated rings. The summed E-state index contributed by atoms with van der Waals surface area (Å²) in [5, 5.41) is 6.93. The number of rotatable bonds is 10. The number of aliphatic imine (C=N–C) groups is 1. The molecule has 186 valence electrons. The average Bonchev–Trinajstić information content (AvgIpc) is 3.32. The number of ether oxygens (including phenoxy) is 2. The van der Waals surface area contributed by atoms with Gasteiger partial charge in [-0.2, -0.15) is 0 Å². The maximum absolute atomic E-state index is 12.0. The predicted octanol–water partition coefficient (Wildman–Crippen LogP) is 2.09. The van der Waals surface area contributed by atoms with Gasteiger partial charge in [0, 0.05) is 59.5 Å². The molecule has 9 heteroatoms. The van der Waals surface area contributed by atoms with Crippen LogP contribution in [0, 0.1) is 0 Å². The summed E-state index contributed by atoms with van der Waals surface area (Å²) in [7, 11) is 3.51. The zero-order chi connectivity index (χ0) is 22.6. The number of amides is 1. The lowest BCUT2D eigenvalue weighted by Gasteiger charge is -2.33. The van der Waals surface area contributed by atoms with Gasteiger partial charge in [0.2, 0.25) is 5.91 Å². The van der Waals surface area contributed by atoms with Crippen molar-refractivity contribution >= 4 is 35.8 Å². The van der Waals surface area contributed by atoms with E-state index in [9.17, 15) is 4.79 Å². The number of nitrogens with one attached hydrogen (secondary N) is 2. The van der Waals surface area contributed by atoms with E-state index in [0.29, 0.717) is 25.2 Å². The smallest absolute Gasteiger partial charge is 0.243 e. The van der Waals surface area contributed by atoms with Crippen molar-refractivity contribution in [2.75, 3.05) is 60.1 Å². The van der Waals surface area contributed by atoms with Crippen LogP contribution >= 0.6 is 24.0 Å². The highest BCUT2D eigenvalue weighted by atomic mass is 127. The number of guanidine groups is 1. The van der Waals surface area contributed by atoms with Gasteiger partial charge in [-0.25, -0.2) is 4.99 Å². The second-order valence-corrected chi connectivity index (χ2v) is 8.77. The number of hydrogen-bond acceptors (Lipinski definition) is 5. The van der Waals surface area contributed by atoms with Crippen LogP contribution in [0.4, 0.5) is 0 Å². The third-order valence-corrected chi connectivity index (χ3v) is 5.90. The third kappa shape index (κ3) is 10.6. The molecule has 0 spiro atoms. The van der Waals surface area contributed by atoms with E-state index in [4.69, 9.17) is 9.47 Å². The molecule has 1 atom stereocenters. The molecular formula is C24H40IN5O3. The van der Waals surface area contributed by atoms with Crippen molar-refractivity contribution in [3.05, 3.63) is 35.9 Å². The Morgan fingerprint density at radius 2 is 1.97 bits per heavy atom. The monoisotopic (exact) mass is 573 g/mol. The fraction of sp³-hybridized carbons (Fsp3) is 0.667. The van der Waals surface area contributed by atoms with Gasteiger partial charge in [-0.3, -0.25) is 9.69 Å². The topological polar surface area (TPSA) is 78.4 Å². The number of benzene rings is 1. The number of halogens is 1. The van der Waals surface area contributed by atoms with Crippen LogP contribution in [-0.2, 0) is 20.8 Å². The van der Waals surface area contributed by atoms with Crippen molar-refractivity contribution < 1.29 is 14.3 Å². The molecular weight excluding hydrogens is 533 g/mol. The van der Waals surface area contributed by atoms with Crippen LogP contribution < -0.4 is 10.6 Å². The van der Waals surface area contributed by atoms with Crippen LogP contribution in [0.2, 0.25) is 0 Å². The predicted molar refractivity (Wildman–Crippen MR) is 142 cm³/mol. The number of carbonyl (C=O) groups excluding carboxylic acids is 1. The Labute approximate surface area is 215 Å². The van der Waals surface area contributed by atoms with Crippen molar-refractivity contribution in [1.29, 1.82) is 0 Å². The molecule has 33 heavy (non-hydrogen) atoms. The molecule has 0 saturated carbocycles. The van der Waals surface area contributed by atoms with Crippen molar-refractivity contribution in [2.45, 2.75) is 44.4 Å². The molecule has 1 amide bonds. The van der Waals surface area contributed by atoms with Crippen LogP contribution in [-0.4, -0.2) is 93.9 Å². The van der Waals surface area contributed by atoms with Gasteiger partial charge in [-0.15, -0.1) is 24.0 Å². The van der Waals surface area contributed by atoms with Gasteiger partial charge in [0.25, 0.3) is 0 Å². The van der Waals surface area contributed by atoms with Crippen molar-refractivity contribution in [1.82, 2.24) is 20.4 Å². The van der Waals surface area contributed by atoms with Gasteiger partial charge < -0.3 is 25.0 Å². The van der Waals surface area contributed by atoms with E-state index in [2.05, 4.69) is 50.9 Å². The average molecular weight is 574 g/mol. The summed E-state index contributed by atoms with van der Waals surface area (Å²) in [6, 6.07) is 11.0. The molecule has 0 bridgehead atoms. The molecule has 0 radical (unpaired) electrons. The van der Waals surface area contributed by atoms with Crippen LogP contribution in [0.3, 0.4) is 0 Å². The van der Waals surface area contributed by atoms with Gasteiger partial charge in [0.05, 0.1) is 12.7 Å². The third-order valence-electron chi connectivity index (χ3n) is 5.90. The van der Waals surface area contributed by atoms with Crippen LogP contribution in [0.15, 0.2) is 35.3 Å². The quantitative estimate of drug-likeness (QED) is 0.193. The van der Waals surface area contributed by atoms with Crippen molar-refractivity contribution in [3.8, 4) is 0 Å². The molecule has 8 nitrogen and oxygen atoms in total. The number of hydrogen-bond donors (Lipinski definition) is 2. The summed E-state index contributed by atoms with van der Waals surface area (Å²) in [4.78, 5) is 20.6. The Morgan fingerprint density at radius 1 is 1.21 bits per heavy atom. The number of nitrogens with zero attached hydrogens (tertiary/aromatic N) is 3. The lowest BCUT2D eigenvalue weighted by Crippen LogP contribution is -2.49. The molecule has 1 aromatic carbocycles. The highest BCUT2D eigenvalue weighted by molar-refractivity contribution is 14.0. The molecule has 2 aliphatic rings. The minimum absolute atomic E-state index is 0. The second kappa shape index (κ2) is 15.5. The number of piperidine rings is 1. The highest BCUT2D eigenvalue weighted by Gasteiger charge is 2.20. The standard InChI is InChI=1S/C24H39N5O3.HI/c1-28(2)23(30)17-26-24(25-12-6-15-32-22-11-16-31-19-22)27-21-9-13-29(14-10-21)18-20-7-4-3-5-8-20;/h3-5,7-8,21-22H,6,9-19H2,1-2H3,(H2,25,26,27);1H. The Kier molecular flexibility index (Phi) is 13.0. The van der Waals surface area contributed by atoms with Gasteiger partial charge >= 0.3 is 0 Å². The maximum Gasteiger partial charge on any atom is 0.243 e. The van der Waals surface area contributed by atoms with E-state index < -0.39 is 0 Å². The molecule has 2 saturated heterocycles. The summed E-state index contributed by atoms with van der Waals surface area (Å²) in [6.07, 6.45) is 4.21. The summed E-state index contributed by atoms with van der Waals surface area (Å²) in [5.74, 6) is 0.708. The summed E-state index contributed by atoms with van der Waals surface area (Å²) in [5.41, 5.74) is 1.36. The van der Waals surface area contributed by atoms with Crippen LogP contribution in [0.25, 0.3) is 0 Å². The largest absolute Gasteiger partial charge is 0.379 e. The fourth-order valence-electron chi connectivity index (χ4n) is 3.88. The minimum atomic E-state index is -0.00616. The zero-order valence-electron chi connectivity index (χ0n) is 20.0. The first-order valence-corrected chi connectivity index (χ1v) is 11.8. The molecule has 0 aliphatic carbocycles. The number of carbonyl (C=O) groups is 1. The highest BCUT2D eigenvalue weighted by Crippen LogP contribution is 2.14. The van der Waals surface area contributed by atoms with Gasteiger partial charge in [-0.1, -0.05) is 30.3 Å². The van der Waals surface area contributed by atoms with E-state index in [1.54, 1.807) is 19.0 Å². The Balaban J connectivity index is 0.00000385. The van der Waals surface area contributed by atoms with Crippen LogP contribution in [0.5, 0.6) is 0 Å². The van der Waals surface area contributed by atoms with Gasteiger partial charge in [0.1, 0.15) is 6.54 Å². The molecule has 2 aliphatic heterocycles. The van der Waals surface area contributed by atoms with Crippen LogP contribution in [0.1, 0.15) is 31.2 Å².